The normalized spacial score (nSPS) is 15.6. The number of nitrogens with one attached hydrogen (secondary N) is 1. The Kier molecular flexibility index (Phi) is 3.37. The van der Waals surface area contributed by atoms with Crippen molar-refractivity contribution in [1.82, 2.24) is 15.1 Å². The first-order chi connectivity index (χ1) is 10.1. The highest BCUT2D eigenvalue weighted by Gasteiger charge is 2.27. The minimum Gasteiger partial charge on any atom is -0.278 e. The summed E-state index contributed by atoms with van der Waals surface area (Å²) in [6, 6.07) is 5.79. The summed E-state index contributed by atoms with van der Waals surface area (Å²) in [5.41, 5.74) is 2.26. The van der Waals surface area contributed by atoms with Crippen molar-refractivity contribution in [1.29, 1.82) is 0 Å². The molecule has 0 radical (unpaired) electrons. The zero-order chi connectivity index (χ0) is 15.0. The van der Waals surface area contributed by atoms with Gasteiger partial charge in [0.15, 0.2) is 5.82 Å². The number of anilines is 1. The van der Waals surface area contributed by atoms with Gasteiger partial charge < -0.3 is 0 Å². The summed E-state index contributed by atoms with van der Waals surface area (Å²) in [6.07, 6.45) is 2.42. The fourth-order valence-corrected chi connectivity index (χ4v) is 2.69. The van der Waals surface area contributed by atoms with Crippen LogP contribution in [0.4, 0.5) is 10.6 Å². The SMILES string of the molecule is CCCc1ccc2c(N3CCC(=O)NC3=O)nn(C)c2c1. The average molecular weight is 286 g/mol. The predicted molar refractivity (Wildman–Crippen MR) is 80.2 cm³/mol. The van der Waals surface area contributed by atoms with E-state index in [0.717, 1.165) is 23.7 Å². The number of carbonyl (C=O) groups excluding carboxylic acids is 2. The lowest BCUT2D eigenvalue weighted by Gasteiger charge is -2.24. The van der Waals surface area contributed by atoms with Gasteiger partial charge in [0.1, 0.15) is 0 Å². The number of carbonyl (C=O) groups is 2. The number of imide groups is 1. The monoisotopic (exact) mass is 286 g/mol. The first-order valence-corrected chi connectivity index (χ1v) is 7.17. The second-order valence-corrected chi connectivity index (χ2v) is 5.30. The Morgan fingerprint density at radius 2 is 2.14 bits per heavy atom. The molecule has 2 heterocycles. The summed E-state index contributed by atoms with van der Waals surface area (Å²) in [4.78, 5) is 24.8. The Hall–Kier alpha value is -2.37. The van der Waals surface area contributed by atoms with Gasteiger partial charge in [0.05, 0.1) is 5.52 Å². The van der Waals surface area contributed by atoms with E-state index in [1.165, 1.54) is 10.5 Å². The zero-order valence-electron chi connectivity index (χ0n) is 12.2. The molecule has 3 rings (SSSR count). The van der Waals surface area contributed by atoms with E-state index in [0.29, 0.717) is 18.8 Å². The third-order valence-corrected chi connectivity index (χ3v) is 3.74. The van der Waals surface area contributed by atoms with Crippen LogP contribution in [0, 0.1) is 0 Å². The molecule has 0 saturated carbocycles. The molecule has 21 heavy (non-hydrogen) atoms. The molecular formula is C15H18N4O2. The van der Waals surface area contributed by atoms with Gasteiger partial charge in [-0.2, -0.15) is 5.10 Å². The number of hydrogen-bond acceptors (Lipinski definition) is 3. The van der Waals surface area contributed by atoms with Crippen molar-refractivity contribution < 1.29 is 9.59 Å². The van der Waals surface area contributed by atoms with Crippen LogP contribution in [0.2, 0.25) is 0 Å². The van der Waals surface area contributed by atoms with Crippen LogP contribution in [0.5, 0.6) is 0 Å². The molecule has 1 aromatic carbocycles. The molecule has 1 aromatic heterocycles. The average Bonchev–Trinajstić information content (AvgIpc) is 2.76. The van der Waals surface area contributed by atoms with Gasteiger partial charge >= 0.3 is 6.03 Å². The molecule has 6 nitrogen and oxygen atoms in total. The van der Waals surface area contributed by atoms with Crippen molar-refractivity contribution in [3.05, 3.63) is 23.8 Å². The summed E-state index contributed by atoms with van der Waals surface area (Å²) in [7, 11) is 1.87. The molecule has 1 saturated heterocycles. The molecule has 0 unspecified atom stereocenters. The van der Waals surface area contributed by atoms with E-state index in [2.05, 4.69) is 29.5 Å². The largest absolute Gasteiger partial charge is 0.329 e. The number of aryl methyl sites for hydroxylation is 2. The van der Waals surface area contributed by atoms with E-state index >= 15 is 0 Å². The summed E-state index contributed by atoms with van der Waals surface area (Å²) in [5.74, 6) is 0.377. The van der Waals surface area contributed by atoms with E-state index in [-0.39, 0.29) is 5.91 Å². The molecule has 0 spiro atoms. The van der Waals surface area contributed by atoms with Crippen LogP contribution >= 0.6 is 0 Å². The van der Waals surface area contributed by atoms with Crippen molar-refractivity contribution in [3.8, 4) is 0 Å². The Morgan fingerprint density at radius 3 is 2.86 bits per heavy atom. The van der Waals surface area contributed by atoms with Crippen LogP contribution in [-0.2, 0) is 18.3 Å². The maximum atomic E-state index is 12.0. The number of rotatable bonds is 3. The Morgan fingerprint density at radius 1 is 1.33 bits per heavy atom. The number of hydrogen-bond donors (Lipinski definition) is 1. The number of amides is 3. The van der Waals surface area contributed by atoms with E-state index < -0.39 is 6.03 Å². The molecular weight excluding hydrogens is 268 g/mol. The summed E-state index contributed by atoms with van der Waals surface area (Å²) < 4.78 is 1.79. The molecule has 0 atom stereocenters. The maximum absolute atomic E-state index is 12.0. The molecule has 1 N–H and O–H groups in total. The number of benzene rings is 1. The molecule has 3 amide bonds. The minimum absolute atomic E-state index is 0.235. The number of fused-ring (bicyclic) bond motifs is 1. The zero-order valence-corrected chi connectivity index (χ0v) is 12.2. The second kappa shape index (κ2) is 5.20. The van der Waals surface area contributed by atoms with Gasteiger partial charge in [-0.15, -0.1) is 0 Å². The quantitative estimate of drug-likeness (QED) is 0.938. The fraction of sp³-hybridized carbons (Fsp3) is 0.400. The standard InChI is InChI=1S/C15H18N4O2/c1-3-4-10-5-6-11-12(9-10)18(2)17-14(11)19-8-7-13(20)16-15(19)21/h5-6,9H,3-4,7-8H2,1-2H3,(H,16,20,21). The molecule has 0 bridgehead atoms. The third kappa shape index (κ3) is 2.37. The van der Waals surface area contributed by atoms with E-state index in [1.54, 1.807) is 4.68 Å². The van der Waals surface area contributed by atoms with E-state index in [9.17, 15) is 9.59 Å². The van der Waals surface area contributed by atoms with Gasteiger partial charge in [-0.25, -0.2) is 4.79 Å². The van der Waals surface area contributed by atoms with Crippen LogP contribution in [0.15, 0.2) is 18.2 Å². The van der Waals surface area contributed by atoms with Crippen molar-refractivity contribution in [3.63, 3.8) is 0 Å². The highest BCUT2D eigenvalue weighted by atomic mass is 16.2. The topological polar surface area (TPSA) is 67.2 Å². The lowest BCUT2D eigenvalue weighted by molar-refractivity contribution is -0.120. The van der Waals surface area contributed by atoms with Gasteiger partial charge in [0.2, 0.25) is 5.91 Å². The predicted octanol–water partition coefficient (Wildman–Crippen LogP) is 1.97. The molecule has 0 aliphatic carbocycles. The lowest BCUT2D eigenvalue weighted by Crippen LogP contribution is -2.49. The minimum atomic E-state index is -0.399. The molecule has 110 valence electrons. The van der Waals surface area contributed by atoms with Crippen molar-refractivity contribution in [2.75, 3.05) is 11.4 Å². The van der Waals surface area contributed by atoms with Gasteiger partial charge in [-0.3, -0.25) is 19.7 Å². The van der Waals surface area contributed by atoms with Gasteiger partial charge in [0.25, 0.3) is 0 Å². The van der Waals surface area contributed by atoms with Crippen LogP contribution < -0.4 is 10.2 Å². The summed E-state index contributed by atoms with van der Waals surface area (Å²) in [5, 5.41) is 7.73. The maximum Gasteiger partial charge on any atom is 0.329 e. The van der Waals surface area contributed by atoms with Crippen molar-refractivity contribution in [2.45, 2.75) is 26.2 Å². The summed E-state index contributed by atoms with van der Waals surface area (Å²) in [6.45, 7) is 2.52. The molecule has 2 aromatic rings. The van der Waals surface area contributed by atoms with Crippen LogP contribution in [0.25, 0.3) is 10.9 Å². The van der Waals surface area contributed by atoms with Gasteiger partial charge in [-0.1, -0.05) is 19.4 Å². The van der Waals surface area contributed by atoms with Crippen molar-refractivity contribution in [2.24, 2.45) is 7.05 Å². The lowest BCUT2D eigenvalue weighted by atomic mass is 10.1. The second-order valence-electron chi connectivity index (χ2n) is 5.30. The Labute approximate surface area is 122 Å². The van der Waals surface area contributed by atoms with Crippen LogP contribution in [0.1, 0.15) is 25.3 Å². The van der Waals surface area contributed by atoms with Crippen LogP contribution in [-0.4, -0.2) is 28.3 Å². The highest BCUT2D eigenvalue weighted by Crippen LogP contribution is 2.28. The molecule has 1 aliphatic heterocycles. The van der Waals surface area contributed by atoms with Gasteiger partial charge in [-0.05, 0) is 24.1 Å². The first kappa shape index (κ1) is 13.6. The van der Waals surface area contributed by atoms with E-state index in [4.69, 9.17) is 0 Å². The number of urea groups is 1. The first-order valence-electron chi connectivity index (χ1n) is 7.17. The highest BCUT2D eigenvalue weighted by molar-refractivity contribution is 6.08. The smallest absolute Gasteiger partial charge is 0.278 e. The Balaban J connectivity index is 2.03. The van der Waals surface area contributed by atoms with E-state index in [1.807, 2.05) is 13.1 Å². The Bertz CT molecular complexity index is 720. The third-order valence-electron chi connectivity index (χ3n) is 3.74. The fourth-order valence-electron chi connectivity index (χ4n) is 2.69. The number of aromatic nitrogens is 2. The number of nitrogens with zero attached hydrogens (tertiary/aromatic N) is 3. The van der Waals surface area contributed by atoms with Gasteiger partial charge in [0, 0.05) is 25.4 Å². The molecule has 1 fully saturated rings. The van der Waals surface area contributed by atoms with Crippen LogP contribution in [0.3, 0.4) is 0 Å². The molecule has 6 heteroatoms. The molecule has 1 aliphatic rings. The summed E-state index contributed by atoms with van der Waals surface area (Å²) >= 11 is 0. The van der Waals surface area contributed by atoms with Crippen molar-refractivity contribution >= 4 is 28.7 Å².